The predicted molar refractivity (Wildman–Crippen MR) is 110 cm³/mol. The van der Waals surface area contributed by atoms with Crippen LogP contribution in [0.25, 0.3) is 10.2 Å². The van der Waals surface area contributed by atoms with Crippen molar-refractivity contribution in [3.63, 3.8) is 0 Å². The Morgan fingerprint density at radius 2 is 1.96 bits per heavy atom. The highest BCUT2D eigenvalue weighted by Crippen LogP contribution is 2.30. The lowest BCUT2D eigenvalue weighted by molar-refractivity contribution is 0.0979. The molecule has 0 bridgehead atoms. The van der Waals surface area contributed by atoms with Crippen molar-refractivity contribution in [2.45, 2.75) is 13.8 Å². The van der Waals surface area contributed by atoms with Crippen LogP contribution in [0.4, 0.5) is 5.13 Å². The van der Waals surface area contributed by atoms with Crippen LogP contribution >= 0.6 is 23.7 Å². The number of nitrogens with zero attached hydrogens (tertiary/aromatic N) is 5. The van der Waals surface area contributed by atoms with Crippen LogP contribution in [0, 0.1) is 13.8 Å². The third kappa shape index (κ3) is 4.23. The zero-order chi connectivity index (χ0) is 18.1. The van der Waals surface area contributed by atoms with Gasteiger partial charge in [-0.25, -0.2) is 4.98 Å². The number of carbonyl (C=O) groups is 1. The molecule has 2 heterocycles. The lowest BCUT2D eigenvalue weighted by Gasteiger charge is -2.21. The van der Waals surface area contributed by atoms with E-state index in [4.69, 9.17) is 0 Å². The molecule has 140 valence electrons. The molecule has 6 nitrogen and oxygen atoms in total. The third-order valence-electron chi connectivity index (χ3n) is 3.99. The van der Waals surface area contributed by atoms with E-state index in [1.54, 1.807) is 20.9 Å². The van der Waals surface area contributed by atoms with Crippen molar-refractivity contribution in [2.24, 2.45) is 7.05 Å². The minimum absolute atomic E-state index is 0. The molecule has 1 aromatic carbocycles. The van der Waals surface area contributed by atoms with Crippen LogP contribution in [0.3, 0.4) is 0 Å². The van der Waals surface area contributed by atoms with Gasteiger partial charge in [-0.2, -0.15) is 5.10 Å². The third-order valence-corrected chi connectivity index (χ3v) is 5.03. The molecule has 8 heteroatoms. The van der Waals surface area contributed by atoms with Gasteiger partial charge in [-0.1, -0.05) is 17.4 Å². The number of hydrogen-bond donors (Lipinski definition) is 0. The van der Waals surface area contributed by atoms with Gasteiger partial charge in [-0.3, -0.25) is 14.4 Å². The number of thiazole rings is 1. The van der Waals surface area contributed by atoms with E-state index in [1.165, 1.54) is 5.56 Å². The van der Waals surface area contributed by atoms with Crippen LogP contribution in [-0.2, 0) is 7.05 Å². The Kier molecular flexibility index (Phi) is 6.39. The molecule has 3 aromatic rings. The first-order chi connectivity index (χ1) is 11.8. The molecule has 0 aliphatic heterocycles. The van der Waals surface area contributed by atoms with Gasteiger partial charge in [0.25, 0.3) is 5.91 Å². The van der Waals surface area contributed by atoms with E-state index in [2.05, 4.69) is 28.0 Å². The molecule has 0 N–H and O–H groups in total. The lowest BCUT2D eigenvalue weighted by atomic mass is 10.2. The SMILES string of the molecule is Cc1ccc2nc(N(CCN(C)C)C(=O)c3nn(C)cc3C)sc2c1.Cl. The summed E-state index contributed by atoms with van der Waals surface area (Å²) in [5.41, 5.74) is 3.47. The van der Waals surface area contributed by atoms with Gasteiger partial charge in [0.05, 0.1) is 10.2 Å². The molecule has 0 saturated carbocycles. The van der Waals surface area contributed by atoms with Crippen LogP contribution in [0.1, 0.15) is 21.6 Å². The highest BCUT2D eigenvalue weighted by atomic mass is 35.5. The molecule has 3 rings (SSSR count). The summed E-state index contributed by atoms with van der Waals surface area (Å²) in [6.45, 7) is 5.30. The average molecular weight is 394 g/mol. The topological polar surface area (TPSA) is 54.3 Å². The summed E-state index contributed by atoms with van der Waals surface area (Å²) in [6, 6.07) is 6.16. The minimum atomic E-state index is -0.101. The number of rotatable bonds is 5. The molecule has 0 saturated heterocycles. The molecule has 1 amide bonds. The number of aryl methyl sites for hydroxylation is 3. The molecule has 0 aliphatic rings. The van der Waals surface area contributed by atoms with Crippen molar-refractivity contribution in [1.82, 2.24) is 19.7 Å². The number of anilines is 1. The number of likely N-dealkylation sites (N-methyl/N-ethyl adjacent to an activating group) is 1. The summed E-state index contributed by atoms with van der Waals surface area (Å²) in [5.74, 6) is -0.101. The van der Waals surface area contributed by atoms with Crippen molar-refractivity contribution >= 4 is 45.0 Å². The Labute approximate surface area is 163 Å². The summed E-state index contributed by atoms with van der Waals surface area (Å²) < 4.78 is 2.77. The maximum absolute atomic E-state index is 13.1. The van der Waals surface area contributed by atoms with Gasteiger partial charge in [0, 0.05) is 31.9 Å². The first-order valence-corrected chi connectivity index (χ1v) is 9.01. The molecule has 0 unspecified atom stereocenters. The molecule has 0 atom stereocenters. The normalized spacial score (nSPS) is 11.0. The van der Waals surface area contributed by atoms with Gasteiger partial charge in [0.1, 0.15) is 0 Å². The minimum Gasteiger partial charge on any atom is -0.308 e. The van der Waals surface area contributed by atoms with Gasteiger partial charge in [-0.05, 0) is 45.6 Å². The lowest BCUT2D eigenvalue weighted by Crippen LogP contribution is -2.37. The number of amides is 1. The van der Waals surface area contributed by atoms with Crippen LogP contribution < -0.4 is 4.90 Å². The van der Waals surface area contributed by atoms with Crippen molar-refractivity contribution < 1.29 is 4.79 Å². The smallest absolute Gasteiger partial charge is 0.280 e. The summed E-state index contributed by atoms with van der Waals surface area (Å²) in [6.07, 6.45) is 1.86. The van der Waals surface area contributed by atoms with Gasteiger partial charge in [-0.15, -0.1) is 12.4 Å². The van der Waals surface area contributed by atoms with Crippen LogP contribution in [-0.4, -0.2) is 52.8 Å². The molecule has 0 fully saturated rings. The summed E-state index contributed by atoms with van der Waals surface area (Å²) in [4.78, 5) is 21.6. The van der Waals surface area contributed by atoms with Gasteiger partial charge < -0.3 is 4.90 Å². The van der Waals surface area contributed by atoms with E-state index in [0.717, 1.165) is 27.5 Å². The average Bonchev–Trinajstić information content (AvgIpc) is 3.09. The number of benzene rings is 1. The molecular formula is C18H24ClN5OS. The monoisotopic (exact) mass is 393 g/mol. The molecule has 0 radical (unpaired) electrons. The first kappa shape index (κ1) is 20.4. The summed E-state index contributed by atoms with van der Waals surface area (Å²) >= 11 is 1.55. The second-order valence-corrected chi connectivity index (χ2v) is 7.57. The maximum Gasteiger partial charge on any atom is 0.280 e. The fourth-order valence-corrected chi connectivity index (χ4v) is 3.75. The Balaban J connectivity index is 0.00000243. The Bertz CT molecular complexity index is 918. The highest BCUT2D eigenvalue weighted by molar-refractivity contribution is 7.22. The van der Waals surface area contributed by atoms with E-state index < -0.39 is 0 Å². The summed E-state index contributed by atoms with van der Waals surface area (Å²) in [7, 11) is 5.82. The van der Waals surface area contributed by atoms with E-state index >= 15 is 0 Å². The molecular weight excluding hydrogens is 370 g/mol. The van der Waals surface area contributed by atoms with E-state index in [9.17, 15) is 4.79 Å². The van der Waals surface area contributed by atoms with Gasteiger partial charge in [0.2, 0.25) is 0 Å². The highest BCUT2D eigenvalue weighted by Gasteiger charge is 2.24. The number of hydrogen-bond acceptors (Lipinski definition) is 5. The van der Waals surface area contributed by atoms with Gasteiger partial charge in [0.15, 0.2) is 10.8 Å². The first-order valence-electron chi connectivity index (χ1n) is 8.19. The van der Waals surface area contributed by atoms with Gasteiger partial charge >= 0.3 is 0 Å². The second kappa shape index (κ2) is 8.16. The zero-order valence-corrected chi connectivity index (χ0v) is 17.3. The number of halogens is 1. The zero-order valence-electron chi connectivity index (χ0n) is 15.7. The largest absolute Gasteiger partial charge is 0.308 e. The van der Waals surface area contributed by atoms with E-state index in [0.29, 0.717) is 12.2 Å². The predicted octanol–water partition coefficient (Wildman–Crippen LogP) is 3.28. The van der Waals surface area contributed by atoms with E-state index in [1.807, 2.05) is 46.4 Å². The van der Waals surface area contributed by atoms with Crippen molar-refractivity contribution in [2.75, 3.05) is 32.1 Å². The van der Waals surface area contributed by atoms with Crippen LogP contribution in [0.2, 0.25) is 0 Å². The molecule has 2 aromatic heterocycles. The van der Waals surface area contributed by atoms with Crippen molar-refractivity contribution in [3.8, 4) is 0 Å². The Hall–Kier alpha value is -1.96. The standard InChI is InChI=1S/C18H23N5OS.ClH/c1-12-6-7-14-15(10-12)25-18(19-14)23(9-8-21(3)4)17(24)16-13(2)11-22(5)20-16;/h6-7,10-11H,8-9H2,1-5H3;1H. The number of aromatic nitrogens is 3. The number of carbonyl (C=O) groups excluding carboxylic acids is 1. The maximum atomic E-state index is 13.1. The molecule has 26 heavy (non-hydrogen) atoms. The molecule has 0 aliphatic carbocycles. The van der Waals surface area contributed by atoms with Crippen molar-refractivity contribution in [3.05, 3.63) is 41.2 Å². The Morgan fingerprint density at radius 3 is 2.58 bits per heavy atom. The second-order valence-electron chi connectivity index (χ2n) is 6.56. The van der Waals surface area contributed by atoms with Crippen LogP contribution in [0.15, 0.2) is 24.4 Å². The summed E-state index contributed by atoms with van der Waals surface area (Å²) in [5, 5.41) is 5.06. The quantitative estimate of drug-likeness (QED) is 0.667. The van der Waals surface area contributed by atoms with E-state index in [-0.39, 0.29) is 18.3 Å². The fourth-order valence-electron chi connectivity index (χ4n) is 2.67. The van der Waals surface area contributed by atoms with Crippen molar-refractivity contribution in [1.29, 1.82) is 0 Å². The Morgan fingerprint density at radius 1 is 1.23 bits per heavy atom. The molecule has 0 spiro atoms. The van der Waals surface area contributed by atoms with Crippen LogP contribution in [0.5, 0.6) is 0 Å². The fraction of sp³-hybridized carbons (Fsp3) is 0.389. The number of fused-ring (bicyclic) bond motifs is 1.